The SMILES string of the molecule is CC1(C)C[C@@H]2C3=C(c4ccccc4CN4CCOCC4)CC4[C@@]5(C)Cc6c(N)n[nH]c6C(C)(C)[C@@H]5CC[C@@]4(C)[C@]3(C)CC[C@@H]2[C@H](C(=O)O)C1. The highest BCUT2D eigenvalue weighted by molar-refractivity contribution is 5.76. The number of nitrogens with one attached hydrogen (secondary N) is 1. The van der Waals surface area contributed by atoms with Gasteiger partial charge in [-0.15, -0.1) is 0 Å². The Morgan fingerprint density at radius 2 is 1.76 bits per heavy atom. The van der Waals surface area contributed by atoms with Crippen molar-refractivity contribution < 1.29 is 14.6 Å². The van der Waals surface area contributed by atoms with Crippen LogP contribution in [0.25, 0.3) is 5.57 Å². The molecule has 2 heterocycles. The molecule has 3 saturated carbocycles. The molecule has 7 heteroatoms. The van der Waals surface area contributed by atoms with Crippen LogP contribution in [0.5, 0.6) is 0 Å². The van der Waals surface area contributed by atoms with Gasteiger partial charge in [0, 0.05) is 36.3 Å². The highest BCUT2D eigenvalue weighted by Gasteiger charge is 2.68. The zero-order valence-electron chi connectivity index (χ0n) is 31.1. The molecule has 0 spiro atoms. The number of rotatable bonds is 4. The van der Waals surface area contributed by atoms with E-state index >= 15 is 0 Å². The van der Waals surface area contributed by atoms with Gasteiger partial charge >= 0.3 is 5.97 Å². The number of nitrogens with two attached hydrogens (primary N) is 1. The lowest BCUT2D eigenvalue weighted by Gasteiger charge is -2.70. The summed E-state index contributed by atoms with van der Waals surface area (Å²) in [5, 5.41) is 18.6. The summed E-state index contributed by atoms with van der Waals surface area (Å²) >= 11 is 0. The maximum absolute atomic E-state index is 13.0. The number of morpholine rings is 1. The number of aliphatic carboxylic acids is 1. The van der Waals surface area contributed by atoms with Crippen LogP contribution in [0.1, 0.15) is 116 Å². The number of nitrogen functional groups attached to an aromatic ring is 1. The number of nitrogens with zero attached hydrogens (tertiary/aromatic N) is 2. The number of fused-ring (bicyclic) bond motifs is 8. The van der Waals surface area contributed by atoms with E-state index in [1.54, 1.807) is 11.1 Å². The maximum Gasteiger partial charge on any atom is 0.306 e. The first-order valence-corrected chi connectivity index (χ1v) is 19.3. The number of aromatic amines is 1. The molecule has 8 atom stereocenters. The summed E-state index contributed by atoms with van der Waals surface area (Å²) in [6, 6.07) is 9.24. The van der Waals surface area contributed by atoms with Gasteiger partial charge in [0.05, 0.1) is 19.1 Å². The van der Waals surface area contributed by atoms with Crippen molar-refractivity contribution in [2.45, 2.75) is 112 Å². The summed E-state index contributed by atoms with van der Waals surface area (Å²) < 4.78 is 5.74. The van der Waals surface area contributed by atoms with E-state index in [1.807, 2.05) is 0 Å². The lowest BCUT2D eigenvalue weighted by molar-refractivity contribution is -0.161. The molecule has 7 nitrogen and oxygen atoms in total. The van der Waals surface area contributed by atoms with Crippen LogP contribution in [-0.4, -0.2) is 52.5 Å². The van der Waals surface area contributed by atoms with Gasteiger partial charge in [0.15, 0.2) is 0 Å². The topological polar surface area (TPSA) is 104 Å². The standard InChI is InChI=1S/C42H60N4O3/c1-38(2)21-29-27(30(22-38)37(47)48)12-14-42(7)34(29)28(26-11-9-8-10-25(26)24-46-16-18-49-19-17-46)20-33-40(5)23-31-35(44-45-36(31)43)39(3,4)32(40)13-15-41(33,42)6/h8-11,27,29-30,32-33H,12-24H2,1-7H3,(H,47,48)(H3,43,44,45)/t27-,29-,30+,32-,33?,40-,41+,42+/m0/s1. The molecule has 1 aromatic carbocycles. The van der Waals surface area contributed by atoms with Crippen LogP contribution in [0.3, 0.4) is 0 Å². The van der Waals surface area contributed by atoms with Crippen LogP contribution in [0.2, 0.25) is 0 Å². The summed E-state index contributed by atoms with van der Waals surface area (Å²) in [6.45, 7) is 21.8. The third-order valence-corrected chi connectivity index (χ3v) is 16.0. The Morgan fingerprint density at radius 3 is 2.49 bits per heavy atom. The van der Waals surface area contributed by atoms with Crippen LogP contribution in [0, 0.1) is 51.2 Å². The average Bonchev–Trinajstić information content (AvgIpc) is 3.41. The molecular weight excluding hydrogens is 608 g/mol. The van der Waals surface area contributed by atoms with Crippen LogP contribution < -0.4 is 5.73 Å². The number of allylic oxidation sites excluding steroid dienone is 2. The first-order valence-electron chi connectivity index (χ1n) is 19.3. The van der Waals surface area contributed by atoms with Crippen LogP contribution in [-0.2, 0) is 27.9 Å². The molecule has 2 aromatic rings. The van der Waals surface area contributed by atoms with Crippen LogP contribution in [0.4, 0.5) is 5.82 Å². The third kappa shape index (κ3) is 4.80. The summed E-state index contributed by atoms with van der Waals surface area (Å²) in [5.74, 6) is 1.27. The van der Waals surface area contributed by atoms with Crippen LogP contribution >= 0.6 is 0 Å². The molecular formula is C42H60N4O3. The van der Waals surface area contributed by atoms with Crippen molar-refractivity contribution in [2.24, 2.45) is 51.2 Å². The second-order valence-electron chi connectivity index (χ2n) is 19.2. The molecule has 0 bridgehead atoms. The number of carboxylic acid groups (broad SMARTS) is 1. The van der Waals surface area contributed by atoms with E-state index in [1.165, 1.54) is 35.2 Å². The minimum atomic E-state index is -0.591. The van der Waals surface area contributed by atoms with E-state index in [-0.39, 0.29) is 44.8 Å². The molecule has 5 aliphatic carbocycles. The van der Waals surface area contributed by atoms with E-state index in [0.717, 1.165) is 71.4 Å². The summed E-state index contributed by atoms with van der Waals surface area (Å²) in [4.78, 5) is 15.5. The fourth-order valence-electron chi connectivity index (χ4n) is 13.6. The van der Waals surface area contributed by atoms with Gasteiger partial charge < -0.3 is 15.6 Å². The highest BCUT2D eigenvalue weighted by atomic mass is 16.5. The predicted octanol–water partition coefficient (Wildman–Crippen LogP) is 8.11. The smallest absolute Gasteiger partial charge is 0.306 e. The summed E-state index contributed by atoms with van der Waals surface area (Å²) in [7, 11) is 0. The Bertz CT molecular complexity index is 1680. The number of carbonyl (C=O) groups is 1. The molecule has 8 rings (SSSR count). The molecule has 4 N–H and O–H groups in total. The second kappa shape index (κ2) is 11.2. The molecule has 1 saturated heterocycles. The molecule has 1 aromatic heterocycles. The second-order valence-corrected chi connectivity index (χ2v) is 19.2. The predicted molar refractivity (Wildman–Crippen MR) is 195 cm³/mol. The van der Waals surface area contributed by atoms with Crippen molar-refractivity contribution in [1.82, 2.24) is 15.1 Å². The molecule has 266 valence electrons. The van der Waals surface area contributed by atoms with Gasteiger partial charge in [-0.3, -0.25) is 14.8 Å². The number of anilines is 1. The minimum Gasteiger partial charge on any atom is -0.481 e. The van der Waals surface area contributed by atoms with Gasteiger partial charge in [-0.05, 0) is 113 Å². The van der Waals surface area contributed by atoms with Gasteiger partial charge in [0.2, 0.25) is 0 Å². The van der Waals surface area contributed by atoms with Gasteiger partial charge in [-0.25, -0.2) is 0 Å². The molecule has 0 amide bonds. The molecule has 6 aliphatic rings. The average molecular weight is 669 g/mol. The number of benzene rings is 1. The minimum absolute atomic E-state index is 0.0160. The highest BCUT2D eigenvalue weighted by Crippen LogP contribution is 2.76. The zero-order valence-corrected chi connectivity index (χ0v) is 31.1. The maximum atomic E-state index is 13.0. The first-order chi connectivity index (χ1) is 23.1. The van der Waals surface area contributed by atoms with E-state index in [9.17, 15) is 9.90 Å². The van der Waals surface area contributed by atoms with E-state index in [2.05, 4.69) is 87.8 Å². The van der Waals surface area contributed by atoms with Gasteiger partial charge in [-0.1, -0.05) is 78.3 Å². The van der Waals surface area contributed by atoms with Crippen molar-refractivity contribution >= 4 is 17.4 Å². The van der Waals surface area contributed by atoms with Gasteiger partial charge in [-0.2, -0.15) is 5.10 Å². The normalized spacial score (nSPS) is 39.6. The number of H-pyrrole nitrogens is 1. The Morgan fingerprint density at radius 1 is 1.02 bits per heavy atom. The molecule has 4 fully saturated rings. The lowest BCUT2D eigenvalue weighted by Crippen LogP contribution is -2.64. The largest absolute Gasteiger partial charge is 0.481 e. The Kier molecular flexibility index (Phi) is 7.64. The first kappa shape index (κ1) is 33.5. The number of hydrogen-bond acceptors (Lipinski definition) is 5. The van der Waals surface area contributed by atoms with Crippen molar-refractivity contribution in [1.29, 1.82) is 0 Å². The van der Waals surface area contributed by atoms with Crippen LogP contribution in [0.15, 0.2) is 29.8 Å². The monoisotopic (exact) mass is 668 g/mol. The lowest BCUT2D eigenvalue weighted by atomic mass is 9.33. The number of carboxylic acids is 1. The quantitative estimate of drug-likeness (QED) is 0.304. The van der Waals surface area contributed by atoms with E-state index in [4.69, 9.17) is 10.5 Å². The van der Waals surface area contributed by atoms with Gasteiger partial charge in [0.1, 0.15) is 5.82 Å². The summed E-state index contributed by atoms with van der Waals surface area (Å²) in [5.41, 5.74) is 15.2. The molecule has 1 unspecified atom stereocenters. The Labute approximate surface area is 293 Å². The van der Waals surface area contributed by atoms with E-state index in [0.29, 0.717) is 17.7 Å². The fraction of sp³-hybridized carbons (Fsp3) is 0.714. The van der Waals surface area contributed by atoms with E-state index < -0.39 is 5.97 Å². The molecule has 0 radical (unpaired) electrons. The van der Waals surface area contributed by atoms with Gasteiger partial charge in [0.25, 0.3) is 0 Å². The number of ether oxygens (including phenoxy) is 1. The molecule has 1 aliphatic heterocycles. The van der Waals surface area contributed by atoms with Crippen molar-refractivity contribution in [3.05, 3.63) is 52.2 Å². The third-order valence-electron chi connectivity index (χ3n) is 16.0. The number of aromatic nitrogens is 2. The van der Waals surface area contributed by atoms with Crippen molar-refractivity contribution in [2.75, 3.05) is 32.0 Å². The zero-order chi connectivity index (χ0) is 34.7. The number of hydrogen-bond donors (Lipinski definition) is 3. The molecule has 49 heavy (non-hydrogen) atoms. The fourth-order valence-corrected chi connectivity index (χ4v) is 13.6. The van der Waals surface area contributed by atoms with Crippen molar-refractivity contribution in [3.8, 4) is 0 Å². The Balaban J connectivity index is 1.34. The Hall–Kier alpha value is -2.64. The van der Waals surface area contributed by atoms with Crippen molar-refractivity contribution in [3.63, 3.8) is 0 Å². The summed E-state index contributed by atoms with van der Waals surface area (Å²) in [6.07, 6.45) is 8.33.